The molecule has 9 atom stereocenters. The first-order valence-electron chi connectivity index (χ1n) is 23.6. The number of carbonyl (C=O) groups excluding carboxylic acids is 3. The first kappa shape index (κ1) is 44.2. The molecular weight excluding hydrogens is 835 g/mol. The number of aromatic nitrogens is 1. The fourth-order valence-corrected chi connectivity index (χ4v) is 14.1. The van der Waals surface area contributed by atoms with Gasteiger partial charge in [0.1, 0.15) is 28.6 Å². The van der Waals surface area contributed by atoms with Gasteiger partial charge in [-0.25, -0.2) is 0 Å². The van der Waals surface area contributed by atoms with Crippen molar-refractivity contribution in [1.29, 1.82) is 0 Å². The van der Waals surface area contributed by atoms with Crippen LogP contribution in [-0.2, 0) is 36.3 Å². The zero-order valence-electron chi connectivity index (χ0n) is 39.2. The summed E-state index contributed by atoms with van der Waals surface area (Å²) in [5.41, 5.74) is 2.38. The Bertz CT molecular complexity index is 2660. The van der Waals surface area contributed by atoms with Crippen LogP contribution in [0.1, 0.15) is 79.2 Å². The lowest BCUT2D eigenvalue weighted by atomic mass is 9.47. The molecule has 13 nitrogen and oxygen atoms in total. The number of H-pyrrole nitrogens is 1. The number of nitrogens with one attached hydrogen (secondary N) is 2. The molecule has 1 saturated carbocycles. The van der Waals surface area contributed by atoms with Gasteiger partial charge in [0.15, 0.2) is 0 Å². The second-order valence-electron chi connectivity index (χ2n) is 19.6. The van der Waals surface area contributed by atoms with Gasteiger partial charge in [0.05, 0.1) is 33.9 Å². The summed E-state index contributed by atoms with van der Waals surface area (Å²) in [6.45, 7) is 9.44. The van der Waals surface area contributed by atoms with Crippen molar-refractivity contribution in [3.63, 3.8) is 0 Å². The van der Waals surface area contributed by atoms with Crippen LogP contribution in [0.3, 0.4) is 0 Å². The molecule has 3 N–H and O–H groups in total. The molecule has 6 aliphatic rings. The number of nitrogens with zero attached hydrogens (tertiary/aromatic N) is 3. The van der Waals surface area contributed by atoms with Crippen molar-refractivity contribution in [1.82, 2.24) is 20.1 Å². The topological polar surface area (TPSA) is 146 Å². The van der Waals surface area contributed by atoms with Gasteiger partial charge in [0, 0.05) is 96.5 Å². The Morgan fingerprint density at radius 2 is 1.76 bits per heavy atom. The summed E-state index contributed by atoms with van der Waals surface area (Å²) in [4.78, 5) is 53.8. The van der Waals surface area contributed by atoms with Crippen molar-refractivity contribution in [2.75, 3.05) is 72.5 Å². The minimum Gasteiger partial charge on any atom is -0.497 e. The molecule has 13 heteroatoms. The Balaban J connectivity index is 1.22. The standard InChI is InChI=1S/C53H63N5O8/c1-8-33-25-34-28-52(49(61)65-7,44-38(19-23-57(29-33)30-34)37-13-10-11-14-41(37)55-44)40-26-39-42(27-43(40)64-6)56(4)47-51(39)21-24-58-22-12-20-50(9-2,46(51)58)48(66-32(3)59)53(47,62)31-54-45(60)35-15-17-36(63-5)18-16-35/h10-18,20,25-27,34,46-48,55,62H,8-9,19,21-24,28-31H2,1-7H3,(H,54,60)/t34-,46+,47-,48-,50-,51-,52+,53+/m1/s1. The summed E-state index contributed by atoms with van der Waals surface area (Å²) in [7, 11) is 6.70. The Kier molecular flexibility index (Phi) is 10.9. The summed E-state index contributed by atoms with van der Waals surface area (Å²) in [5, 5.41) is 18.2. The fourth-order valence-electron chi connectivity index (χ4n) is 14.1. The number of likely N-dealkylation sites (N-methyl/N-ethyl adjacent to an activating group) is 1. The molecule has 1 amide bonds. The first-order chi connectivity index (χ1) is 31.8. The average molecular weight is 898 g/mol. The highest BCUT2D eigenvalue weighted by atomic mass is 16.6. The van der Waals surface area contributed by atoms with E-state index in [9.17, 15) is 14.7 Å². The Hall–Kier alpha value is -5.63. The normalized spacial score (nSPS) is 31.8. The highest BCUT2D eigenvalue weighted by Crippen LogP contribution is 2.68. The predicted octanol–water partition coefficient (Wildman–Crippen LogP) is 6.06. The van der Waals surface area contributed by atoms with Crippen LogP contribution in [0.5, 0.6) is 11.5 Å². The molecule has 4 aromatic rings. The number of ether oxygens (including phenoxy) is 4. The second kappa shape index (κ2) is 16.3. The van der Waals surface area contributed by atoms with Crippen LogP contribution < -0.4 is 19.7 Å². The van der Waals surface area contributed by atoms with Gasteiger partial charge in [-0.15, -0.1) is 0 Å². The Morgan fingerprint density at radius 3 is 2.47 bits per heavy atom. The van der Waals surface area contributed by atoms with Gasteiger partial charge in [-0.2, -0.15) is 0 Å². The molecule has 0 radical (unpaired) electrons. The molecule has 348 valence electrons. The number of para-hydroxylation sites is 1. The lowest BCUT2D eigenvalue weighted by molar-refractivity contribution is -0.216. The van der Waals surface area contributed by atoms with Crippen LogP contribution in [0.15, 0.2) is 84.5 Å². The van der Waals surface area contributed by atoms with Crippen LogP contribution in [0.25, 0.3) is 10.9 Å². The molecule has 2 bridgehead atoms. The van der Waals surface area contributed by atoms with E-state index in [1.807, 2.05) is 19.2 Å². The summed E-state index contributed by atoms with van der Waals surface area (Å²) >= 11 is 0. The molecule has 6 heterocycles. The third-order valence-corrected chi connectivity index (χ3v) is 16.5. The van der Waals surface area contributed by atoms with Crippen molar-refractivity contribution >= 4 is 34.4 Å². The molecule has 1 unspecified atom stereocenters. The number of fused-ring (bicyclic) bond motifs is 6. The number of carbonyl (C=O) groups is 3. The smallest absolute Gasteiger partial charge is 0.322 e. The monoisotopic (exact) mass is 897 g/mol. The largest absolute Gasteiger partial charge is 0.497 e. The summed E-state index contributed by atoms with van der Waals surface area (Å²) in [5.74, 6) is -0.0830. The zero-order valence-corrected chi connectivity index (χ0v) is 39.2. The summed E-state index contributed by atoms with van der Waals surface area (Å²) < 4.78 is 24.3. The third kappa shape index (κ3) is 6.25. The van der Waals surface area contributed by atoms with Gasteiger partial charge in [-0.05, 0) is 92.1 Å². The van der Waals surface area contributed by atoms with Crippen molar-refractivity contribution in [3.8, 4) is 11.5 Å². The number of aliphatic hydroxyl groups is 1. The number of esters is 2. The average Bonchev–Trinajstić information content (AvgIpc) is 4.00. The van der Waals surface area contributed by atoms with E-state index in [4.69, 9.17) is 18.9 Å². The zero-order chi connectivity index (χ0) is 46.3. The van der Waals surface area contributed by atoms with Gasteiger partial charge >= 0.3 is 11.9 Å². The second-order valence-corrected chi connectivity index (χ2v) is 19.6. The molecule has 1 aliphatic carbocycles. The Morgan fingerprint density at radius 1 is 0.970 bits per heavy atom. The molecule has 3 aromatic carbocycles. The predicted molar refractivity (Wildman–Crippen MR) is 252 cm³/mol. The number of hydrogen-bond acceptors (Lipinski definition) is 11. The quantitative estimate of drug-likeness (QED) is 0.126. The van der Waals surface area contributed by atoms with Crippen molar-refractivity contribution in [2.45, 2.75) is 87.5 Å². The number of aromatic amines is 1. The molecule has 1 saturated heterocycles. The number of anilines is 1. The van der Waals surface area contributed by atoms with Crippen LogP contribution in [0.4, 0.5) is 5.69 Å². The third-order valence-electron chi connectivity index (χ3n) is 16.5. The molecule has 1 spiro atoms. The van der Waals surface area contributed by atoms with Gasteiger partial charge in [0.2, 0.25) is 0 Å². The van der Waals surface area contributed by atoms with E-state index in [-0.39, 0.29) is 30.4 Å². The summed E-state index contributed by atoms with van der Waals surface area (Å²) in [6, 6.07) is 18.5. The molecule has 66 heavy (non-hydrogen) atoms. The number of amides is 1. The molecule has 1 aromatic heterocycles. The maximum atomic E-state index is 15.5. The van der Waals surface area contributed by atoms with E-state index in [1.165, 1.54) is 19.6 Å². The van der Waals surface area contributed by atoms with Gasteiger partial charge in [-0.3, -0.25) is 24.2 Å². The molecular formula is C53H63N5O8. The van der Waals surface area contributed by atoms with Gasteiger partial charge < -0.3 is 39.3 Å². The fraction of sp³-hybridized carbons (Fsp3) is 0.491. The number of hydrogen-bond donors (Lipinski definition) is 3. The number of rotatable bonds is 10. The summed E-state index contributed by atoms with van der Waals surface area (Å²) in [6.07, 6.45) is 8.96. The minimum atomic E-state index is -1.82. The Labute approximate surface area is 387 Å². The number of methoxy groups -OCH3 is 3. The van der Waals surface area contributed by atoms with E-state index >= 15 is 4.79 Å². The number of benzene rings is 3. The van der Waals surface area contributed by atoms with E-state index in [2.05, 4.69) is 81.3 Å². The lowest BCUT2D eigenvalue weighted by Gasteiger charge is -2.64. The van der Waals surface area contributed by atoms with Crippen LogP contribution in [0, 0.1) is 11.3 Å². The SMILES string of the molecule is CCC1=C[C@H]2CN(CCc3c([nH]c4ccccc34)[C@@](C(=O)OC)(c3cc4c(cc3OC)N(C)[C@H]3[C@@](O)(CNC(=O)c5ccc(OC)cc5)[C@H](OC(C)=O)[C@]5(CC)C=CCN6CC[C@]43[C@@H]65)C2)C1. The highest BCUT2D eigenvalue weighted by Gasteiger charge is 2.78. The van der Waals surface area contributed by atoms with E-state index in [1.54, 1.807) is 38.5 Å². The maximum Gasteiger partial charge on any atom is 0.322 e. The van der Waals surface area contributed by atoms with Gasteiger partial charge in [0.25, 0.3) is 5.91 Å². The maximum absolute atomic E-state index is 15.5. The van der Waals surface area contributed by atoms with Crippen LogP contribution in [-0.4, -0.2) is 129 Å². The minimum absolute atomic E-state index is 0.0217. The highest BCUT2D eigenvalue weighted by molar-refractivity contribution is 5.95. The van der Waals surface area contributed by atoms with Crippen molar-refractivity contribution in [3.05, 3.63) is 112 Å². The van der Waals surface area contributed by atoms with Crippen molar-refractivity contribution < 1.29 is 38.4 Å². The molecule has 10 rings (SSSR count). The van der Waals surface area contributed by atoms with Gasteiger partial charge in [-0.1, -0.05) is 55.8 Å². The van der Waals surface area contributed by atoms with E-state index in [0.29, 0.717) is 48.4 Å². The van der Waals surface area contributed by atoms with Crippen LogP contribution >= 0.6 is 0 Å². The lowest BCUT2D eigenvalue weighted by Crippen LogP contribution is -2.81. The van der Waals surface area contributed by atoms with Crippen LogP contribution in [0.2, 0.25) is 0 Å². The van der Waals surface area contributed by atoms with E-state index in [0.717, 1.165) is 72.4 Å². The molecule has 2 fully saturated rings. The van der Waals surface area contributed by atoms with Crippen molar-refractivity contribution in [2.24, 2.45) is 11.3 Å². The van der Waals surface area contributed by atoms with E-state index < -0.39 is 40.0 Å². The first-order valence-corrected chi connectivity index (χ1v) is 23.6. The molecule has 5 aliphatic heterocycles.